The van der Waals surface area contributed by atoms with Crippen LogP contribution in [0.3, 0.4) is 0 Å². The number of fused-ring (bicyclic) bond motifs is 1. The Morgan fingerprint density at radius 2 is 2.31 bits per heavy atom. The van der Waals surface area contributed by atoms with Crippen molar-refractivity contribution in [1.29, 1.82) is 0 Å². The topological polar surface area (TPSA) is 47.6 Å². The van der Waals surface area contributed by atoms with Crippen LogP contribution in [0, 0.1) is 0 Å². The van der Waals surface area contributed by atoms with E-state index in [1.54, 1.807) is 7.11 Å². The first-order chi connectivity index (χ1) is 6.31. The number of methoxy groups -OCH3 is 1. The van der Waals surface area contributed by atoms with Crippen LogP contribution in [-0.4, -0.2) is 19.5 Å². The van der Waals surface area contributed by atoms with Crippen molar-refractivity contribution >= 4 is 5.84 Å². The molecule has 2 rings (SSSR count). The van der Waals surface area contributed by atoms with Crippen molar-refractivity contribution in [3.8, 4) is 5.75 Å². The zero-order chi connectivity index (χ0) is 9.26. The molecule has 13 heavy (non-hydrogen) atoms. The molecular formula is C10H12N2O. The molecule has 0 aromatic heterocycles. The molecule has 0 radical (unpaired) electrons. The quantitative estimate of drug-likeness (QED) is 0.692. The summed E-state index contributed by atoms with van der Waals surface area (Å²) in [6.07, 6.45) is 0.972. The third-order valence-corrected chi connectivity index (χ3v) is 2.26. The highest BCUT2D eigenvalue weighted by molar-refractivity contribution is 5.99. The van der Waals surface area contributed by atoms with E-state index in [-0.39, 0.29) is 0 Å². The van der Waals surface area contributed by atoms with E-state index in [2.05, 4.69) is 11.1 Å². The fourth-order valence-electron chi connectivity index (χ4n) is 1.52. The van der Waals surface area contributed by atoms with Crippen LogP contribution in [0.2, 0.25) is 0 Å². The first kappa shape index (κ1) is 8.10. The molecule has 0 saturated heterocycles. The van der Waals surface area contributed by atoms with Crippen molar-refractivity contribution in [3.05, 3.63) is 29.3 Å². The second-order valence-corrected chi connectivity index (χ2v) is 3.04. The summed E-state index contributed by atoms with van der Waals surface area (Å²) >= 11 is 0. The predicted octanol–water partition coefficient (Wildman–Crippen LogP) is 0.957. The smallest absolute Gasteiger partial charge is 0.126 e. The normalized spacial score (nSPS) is 14.7. The third-order valence-electron chi connectivity index (χ3n) is 2.26. The molecule has 1 heterocycles. The minimum atomic E-state index is 0.625. The molecule has 1 aliphatic rings. The average molecular weight is 176 g/mol. The van der Waals surface area contributed by atoms with Gasteiger partial charge in [0.05, 0.1) is 7.11 Å². The monoisotopic (exact) mass is 176 g/mol. The lowest BCUT2D eigenvalue weighted by atomic mass is 10.0. The van der Waals surface area contributed by atoms with E-state index in [0.29, 0.717) is 5.84 Å². The van der Waals surface area contributed by atoms with Gasteiger partial charge in [0.2, 0.25) is 0 Å². The van der Waals surface area contributed by atoms with Gasteiger partial charge in [-0.25, -0.2) is 0 Å². The third kappa shape index (κ3) is 1.37. The lowest BCUT2D eigenvalue weighted by Crippen LogP contribution is -2.20. The van der Waals surface area contributed by atoms with Crippen LogP contribution in [-0.2, 0) is 6.42 Å². The molecule has 0 bridgehead atoms. The van der Waals surface area contributed by atoms with Gasteiger partial charge < -0.3 is 10.5 Å². The lowest BCUT2D eigenvalue weighted by molar-refractivity contribution is 0.414. The van der Waals surface area contributed by atoms with Gasteiger partial charge in [-0.1, -0.05) is 6.07 Å². The van der Waals surface area contributed by atoms with Crippen LogP contribution < -0.4 is 10.5 Å². The minimum Gasteiger partial charge on any atom is -0.497 e. The summed E-state index contributed by atoms with van der Waals surface area (Å²) in [5.41, 5.74) is 8.04. The Morgan fingerprint density at radius 1 is 1.46 bits per heavy atom. The van der Waals surface area contributed by atoms with Crippen molar-refractivity contribution < 1.29 is 4.74 Å². The van der Waals surface area contributed by atoms with Gasteiger partial charge in [-0.3, -0.25) is 4.99 Å². The summed E-state index contributed by atoms with van der Waals surface area (Å²) in [5, 5.41) is 0. The van der Waals surface area contributed by atoms with Crippen molar-refractivity contribution in [2.75, 3.05) is 13.7 Å². The molecule has 3 heteroatoms. The summed E-state index contributed by atoms with van der Waals surface area (Å²) < 4.78 is 5.12. The Labute approximate surface area is 77.2 Å². The van der Waals surface area contributed by atoms with Crippen LogP contribution in [0.1, 0.15) is 11.1 Å². The van der Waals surface area contributed by atoms with Gasteiger partial charge >= 0.3 is 0 Å². The number of amidine groups is 1. The molecule has 0 atom stereocenters. The Hall–Kier alpha value is -1.51. The predicted molar refractivity (Wildman–Crippen MR) is 52.3 cm³/mol. The van der Waals surface area contributed by atoms with Gasteiger partial charge in [0.25, 0.3) is 0 Å². The maximum atomic E-state index is 5.76. The average Bonchev–Trinajstić information content (AvgIpc) is 2.18. The summed E-state index contributed by atoms with van der Waals surface area (Å²) in [6, 6.07) is 5.94. The molecule has 0 saturated carbocycles. The molecule has 0 spiro atoms. The van der Waals surface area contributed by atoms with Crippen LogP contribution in [0.5, 0.6) is 5.75 Å². The molecule has 2 N–H and O–H groups in total. The molecule has 3 nitrogen and oxygen atoms in total. The van der Waals surface area contributed by atoms with Crippen molar-refractivity contribution in [2.24, 2.45) is 10.7 Å². The molecule has 68 valence electrons. The van der Waals surface area contributed by atoms with Gasteiger partial charge in [0, 0.05) is 12.1 Å². The fraction of sp³-hybridized carbons (Fsp3) is 0.300. The first-order valence-electron chi connectivity index (χ1n) is 4.28. The molecule has 0 unspecified atom stereocenters. The zero-order valence-electron chi connectivity index (χ0n) is 7.58. The molecule has 0 amide bonds. The maximum Gasteiger partial charge on any atom is 0.126 e. The number of hydrogen-bond donors (Lipinski definition) is 1. The van der Waals surface area contributed by atoms with Crippen LogP contribution in [0.4, 0.5) is 0 Å². The van der Waals surface area contributed by atoms with Gasteiger partial charge in [-0.05, 0) is 24.1 Å². The highest BCUT2D eigenvalue weighted by Gasteiger charge is 2.11. The Morgan fingerprint density at radius 3 is 3.08 bits per heavy atom. The number of ether oxygens (including phenoxy) is 1. The van der Waals surface area contributed by atoms with Gasteiger partial charge in [0.15, 0.2) is 0 Å². The van der Waals surface area contributed by atoms with Crippen LogP contribution >= 0.6 is 0 Å². The number of aliphatic imine (C=N–C) groups is 1. The van der Waals surface area contributed by atoms with Crippen molar-refractivity contribution in [1.82, 2.24) is 0 Å². The van der Waals surface area contributed by atoms with Crippen LogP contribution in [0.25, 0.3) is 0 Å². The van der Waals surface area contributed by atoms with E-state index in [1.165, 1.54) is 5.56 Å². The Balaban J connectivity index is 2.50. The number of nitrogens with two attached hydrogens (primary N) is 1. The number of benzene rings is 1. The van der Waals surface area contributed by atoms with Gasteiger partial charge in [-0.15, -0.1) is 0 Å². The Bertz CT molecular complexity index is 358. The van der Waals surface area contributed by atoms with E-state index < -0.39 is 0 Å². The molecule has 1 aromatic rings. The molecule has 0 aliphatic carbocycles. The SMILES string of the molecule is COc1ccc2c(c1)C(N)=NCC2. The van der Waals surface area contributed by atoms with Gasteiger partial charge in [0.1, 0.15) is 11.6 Å². The van der Waals surface area contributed by atoms with E-state index in [9.17, 15) is 0 Å². The molecular weight excluding hydrogens is 164 g/mol. The van der Waals surface area contributed by atoms with E-state index in [0.717, 1.165) is 24.3 Å². The lowest BCUT2D eigenvalue weighted by Gasteiger charge is -2.14. The first-order valence-corrected chi connectivity index (χ1v) is 4.28. The van der Waals surface area contributed by atoms with Crippen molar-refractivity contribution in [2.45, 2.75) is 6.42 Å². The maximum absolute atomic E-state index is 5.76. The fourth-order valence-corrected chi connectivity index (χ4v) is 1.52. The second-order valence-electron chi connectivity index (χ2n) is 3.04. The molecule has 1 aliphatic heterocycles. The zero-order valence-corrected chi connectivity index (χ0v) is 7.58. The van der Waals surface area contributed by atoms with E-state index in [1.807, 2.05) is 12.1 Å². The summed E-state index contributed by atoms with van der Waals surface area (Å²) in [4.78, 5) is 4.19. The number of nitrogens with zero attached hydrogens (tertiary/aromatic N) is 1. The second kappa shape index (κ2) is 3.09. The summed E-state index contributed by atoms with van der Waals surface area (Å²) in [5.74, 6) is 1.46. The highest BCUT2D eigenvalue weighted by Crippen LogP contribution is 2.20. The standard InChI is InChI=1S/C10H12N2O/c1-13-8-3-2-7-4-5-12-10(11)9(7)6-8/h2-3,6H,4-5H2,1H3,(H2,11,12). The summed E-state index contributed by atoms with van der Waals surface area (Å²) in [6.45, 7) is 0.797. The summed E-state index contributed by atoms with van der Waals surface area (Å²) in [7, 11) is 1.65. The molecule has 0 fully saturated rings. The van der Waals surface area contributed by atoms with Crippen molar-refractivity contribution in [3.63, 3.8) is 0 Å². The van der Waals surface area contributed by atoms with Gasteiger partial charge in [-0.2, -0.15) is 0 Å². The Kier molecular flexibility index (Phi) is 1.93. The number of hydrogen-bond acceptors (Lipinski definition) is 3. The number of rotatable bonds is 1. The highest BCUT2D eigenvalue weighted by atomic mass is 16.5. The van der Waals surface area contributed by atoms with E-state index in [4.69, 9.17) is 10.5 Å². The van der Waals surface area contributed by atoms with Crippen LogP contribution in [0.15, 0.2) is 23.2 Å². The molecule has 1 aromatic carbocycles. The largest absolute Gasteiger partial charge is 0.497 e. The van der Waals surface area contributed by atoms with E-state index >= 15 is 0 Å². The minimum absolute atomic E-state index is 0.625.